The zero-order chi connectivity index (χ0) is 23.1. The predicted molar refractivity (Wildman–Crippen MR) is 113 cm³/mol. The van der Waals surface area contributed by atoms with E-state index in [1.54, 1.807) is 37.6 Å². The Morgan fingerprint density at radius 3 is 2.68 bits per heavy atom. The zero-order valence-corrected chi connectivity index (χ0v) is 18.4. The number of nitrogens with zero attached hydrogens (tertiary/aromatic N) is 3. The lowest BCUT2D eigenvalue weighted by Crippen LogP contribution is -2.48. The maximum absolute atomic E-state index is 12.6. The smallest absolute Gasteiger partial charge is 0.407 e. The average Bonchev–Trinajstić information content (AvgIpc) is 3.07. The van der Waals surface area contributed by atoms with Gasteiger partial charge in [0.15, 0.2) is 0 Å². The van der Waals surface area contributed by atoms with Gasteiger partial charge in [0, 0.05) is 24.2 Å². The van der Waals surface area contributed by atoms with E-state index in [0.717, 1.165) is 17.3 Å². The van der Waals surface area contributed by atoms with Gasteiger partial charge in [0.05, 0.1) is 26.3 Å². The van der Waals surface area contributed by atoms with E-state index in [1.165, 1.54) is 14.2 Å². The Morgan fingerprint density at radius 2 is 2.03 bits per heavy atom. The number of carbonyl (C=O) groups excluding carboxylic acids is 2. The lowest BCUT2D eigenvalue weighted by molar-refractivity contribution is -0.188. The second-order valence-electron chi connectivity index (χ2n) is 7.53. The van der Waals surface area contributed by atoms with Gasteiger partial charge in [-0.3, -0.25) is 4.68 Å². The van der Waals surface area contributed by atoms with Crippen molar-refractivity contribution < 1.29 is 28.8 Å². The summed E-state index contributed by atoms with van der Waals surface area (Å²) in [5, 5.41) is 7.79. The number of aryl methyl sites for hydroxylation is 1. The molecule has 0 aliphatic heterocycles. The average molecular weight is 430 g/mol. The first kappa shape index (κ1) is 23.7. The summed E-state index contributed by atoms with van der Waals surface area (Å²) in [4.78, 5) is 37.9. The van der Waals surface area contributed by atoms with E-state index in [0.29, 0.717) is 5.56 Å². The minimum absolute atomic E-state index is 0.322. The van der Waals surface area contributed by atoms with Crippen molar-refractivity contribution in [3.63, 3.8) is 0 Å². The number of fused-ring (bicyclic) bond motifs is 1. The summed E-state index contributed by atoms with van der Waals surface area (Å²) in [7, 11) is 4.29. The molecule has 2 rings (SSSR count). The number of aromatic nitrogens is 2. The van der Waals surface area contributed by atoms with Gasteiger partial charge in [0.2, 0.25) is 11.9 Å². The first-order chi connectivity index (χ1) is 14.6. The summed E-state index contributed by atoms with van der Waals surface area (Å²) < 4.78 is 11.8. The van der Waals surface area contributed by atoms with Gasteiger partial charge in [-0.25, -0.2) is 14.6 Å². The number of alkyl carbamates (subject to hydrolysis) is 1. The molecule has 166 valence electrons. The summed E-state index contributed by atoms with van der Waals surface area (Å²) in [5.74, 6) is 4.88. The summed E-state index contributed by atoms with van der Waals surface area (Å²) in [5.41, 5.74) is -1.18. The normalized spacial score (nSPS) is 13.2. The molecule has 2 aromatic rings. The van der Waals surface area contributed by atoms with Gasteiger partial charge in [0.25, 0.3) is 0 Å². The molecule has 1 atom stereocenters. The number of ether oxygens (including phenoxy) is 2. The van der Waals surface area contributed by atoms with Gasteiger partial charge in [-0.1, -0.05) is 11.8 Å². The first-order valence-electron chi connectivity index (χ1n) is 9.33. The van der Waals surface area contributed by atoms with Crippen molar-refractivity contribution in [2.24, 2.45) is 12.0 Å². The van der Waals surface area contributed by atoms with Gasteiger partial charge in [-0.05, 0) is 39.0 Å². The minimum atomic E-state index is -1.80. The minimum Gasteiger partial charge on any atom is -0.466 e. The molecule has 0 spiro atoms. The van der Waals surface area contributed by atoms with Gasteiger partial charge in [-0.15, -0.1) is 0 Å². The molecule has 1 aromatic carbocycles. The predicted octanol–water partition coefficient (Wildman–Crippen LogP) is 1.97. The maximum atomic E-state index is 12.6. The molecule has 10 heteroatoms. The van der Waals surface area contributed by atoms with E-state index in [4.69, 9.17) is 9.47 Å². The molecular weight excluding hydrogens is 404 g/mol. The molecule has 0 radical (unpaired) electrons. The van der Waals surface area contributed by atoms with E-state index in [1.807, 2.05) is 19.3 Å². The third-order valence-corrected chi connectivity index (χ3v) is 3.86. The molecule has 0 saturated heterocycles. The molecule has 0 unspecified atom stereocenters. The van der Waals surface area contributed by atoms with Crippen LogP contribution in [-0.4, -0.2) is 60.1 Å². The van der Waals surface area contributed by atoms with Crippen LogP contribution in [0.1, 0.15) is 26.3 Å². The fourth-order valence-electron chi connectivity index (χ4n) is 2.53. The van der Waals surface area contributed by atoms with E-state index in [9.17, 15) is 9.59 Å². The van der Waals surface area contributed by atoms with Crippen LogP contribution in [0.2, 0.25) is 0 Å². The highest BCUT2D eigenvalue weighted by Crippen LogP contribution is 2.16. The van der Waals surface area contributed by atoms with Crippen molar-refractivity contribution in [3.05, 3.63) is 30.0 Å². The Bertz CT molecular complexity index is 1030. The number of hydrogen-bond donors (Lipinski definition) is 1. The van der Waals surface area contributed by atoms with Crippen LogP contribution < -0.4 is 5.32 Å². The number of esters is 1. The SMILES string of the molecule is COO/C=N/[C@](C#Cc1ccc2cn(C)nc2c1)(CNC(=O)OC(C)(C)C)C(=O)OC. The second-order valence-corrected chi connectivity index (χ2v) is 7.53. The van der Waals surface area contributed by atoms with Gasteiger partial charge in [-0.2, -0.15) is 9.99 Å². The van der Waals surface area contributed by atoms with Crippen molar-refractivity contribution >= 4 is 29.4 Å². The Kier molecular flexibility index (Phi) is 7.61. The highest BCUT2D eigenvalue weighted by Gasteiger charge is 2.39. The quantitative estimate of drug-likeness (QED) is 0.186. The van der Waals surface area contributed by atoms with Gasteiger partial charge < -0.3 is 19.7 Å². The highest BCUT2D eigenvalue weighted by molar-refractivity contribution is 5.88. The van der Waals surface area contributed by atoms with Crippen molar-refractivity contribution in [1.82, 2.24) is 15.1 Å². The molecule has 0 saturated carbocycles. The summed E-state index contributed by atoms with van der Waals surface area (Å²) in [6, 6.07) is 5.43. The number of aliphatic imine (C=N–C) groups is 1. The zero-order valence-electron chi connectivity index (χ0n) is 18.4. The second kappa shape index (κ2) is 9.95. The number of amides is 1. The number of benzene rings is 1. The Morgan fingerprint density at radius 1 is 1.29 bits per heavy atom. The molecule has 1 aromatic heterocycles. The van der Waals surface area contributed by atoms with Crippen molar-refractivity contribution in [2.45, 2.75) is 31.9 Å². The van der Waals surface area contributed by atoms with Crippen molar-refractivity contribution in [3.8, 4) is 11.8 Å². The molecule has 0 aliphatic carbocycles. The number of rotatable bonds is 6. The van der Waals surface area contributed by atoms with Crippen LogP contribution >= 0.6 is 0 Å². The van der Waals surface area contributed by atoms with E-state index < -0.39 is 23.2 Å². The topological polar surface area (TPSA) is 113 Å². The number of carbonyl (C=O) groups is 2. The Balaban J connectivity index is 2.40. The van der Waals surface area contributed by atoms with Gasteiger partial charge in [0.1, 0.15) is 5.60 Å². The molecule has 1 amide bonds. The van der Waals surface area contributed by atoms with Crippen molar-refractivity contribution in [1.29, 1.82) is 0 Å². The fraction of sp³-hybridized carbons (Fsp3) is 0.429. The molecular formula is C21H26N4O6. The molecule has 0 bridgehead atoms. The fourth-order valence-corrected chi connectivity index (χ4v) is 2.53. The van der Waals surface area contributed by atoms with Crippen LogP contribution in [0.4, 0.5) is 4.79 Å². The van der Waals surface area contributed by atoms with E-state index in [-0.39, 0.29) is 6.54 Å². The maximum Gasteiger partial charge on any atom is 0.407 e. The van der Waals surface area contributed by atoms with Crippen LogP contribution in [0.25, 0.3) is 10.9 Å². The van der Waals surface area contributed by atoms with Crippen LogP contribution in [0.15, 0.2) is 29.4 Å². The molecule has 0 fully saturated rings. The van der Waals surface area contributed by atoms with Crippen LogP contribution in [-0.2, 0) is 31.1 Å². The lowest BCUT2D eigenvalue weighted by atomic mass is 10.0. The third-order valence-electron chi connectivity index (χ3n) is 3.86. The number of nitrogens with one attached hydrogen (secondary N) is 1. The molecule has 10 nitrogen and oxygen atoms in total. The molecule has 1 N–H and O–H groups in total. The molecule has 0 aliphatic rings. The Labute approximate surface area is 180 Å². The van der Waals surface area contributed by atoms with Crippen molar-refractivity contribution in [2.75, 3.05) is 20.8 Å². The summed E-state index contributed by atoms with van der Waals surface area (Å²) in [6.45, 7) is 4.84. The standard InChI is InChI=1S/C21H26N4O6/c1-20(2,3)31-19(27)22-13-21(18(26)28-5,23-14-30-29-6)10-9-15-7-8-16-12-25(4)24-17(16)11-15/h7-8,11-12,14H,13H2,1-6H3,(H,22,27)/b23-14+/t21-/m1/s1. The largest absolute Gasteiger partial charge is 0.466 e. The van der Waals surface area contributed by atoms with E-state index in [2.05, 4.69) is 37.0 Å². The van der Waals surface area contributed by atoms with Crippen LogP contribution in [0.5, 0.6) is 0 Å². The van der Waals surface area contributed by atoms with Gasteiger partial charge >= 0.3 is 12.1 Å². The summed E-state index contributed by atoms with van der Waals surface area (Å²) in [6.07, 6.45) is 2.05. The highest BCUT2D eigenvalue weighted by atomic mass is 17.2. The lowest BCUT2D eigenvalue weighted by Gasteiger charge is -2.24. The monoisotopic (exact) mass is 430 g/mol. The molecule has 1 heterocycles. The number of methoxy groups -OCH3 is 1. The van der Waals surface area contributed by atoms with E-state index >= 15 is 0 Å². The molecule has 31 heavy (non-hydrogen) atoms. The number of hydrogen-bond acceptors (Lipinski definition) is 8. The summed E-state index contributed by atoms with van der Waals surface area (Å²) >= 11 is 0. The third kappa shape index (κ3) is 6.72. The Hall–Kier alpha value is -3.58. The first-order valence-corrected chi connectivity index (χ1v) is 9.33. The van der Waals surface area contributed by atoms with Crippen LogP contribution in [0.3, 0.4) is 0 Å². The van der Waals surface area contributed by atoms with Crippen LogP contribution in [0, 0.1) is 11.8 Å².